The summed E-state index contributed by atoms with van der Waals surface area (Å²) in [5.41, 5.74) is 1.75. The van der Waals surface area contributed by atoms with Gasteiger partial charge < -0.3 is 0 Å². The molecule has 0 aromatic heterocycles. The third-order valence-corrected chi connectivity index (χ3v) is 2.23. The third-order valence-electron chi connectivity index (χ3n) is 1.77. The number of alkyl halides is 1. The second kappa shape index (κ2) is 5.18. The zero-order valence-electron chi connectivity index (χ0n) is 7.56. The highest BCUT2D eigenvalue weighted by Gasteiger charge is 1.95. The van der Waals surface area contributed by atoms with Crippen LogP contribution >= 0.6 is 15.9 Å². The SMILES string of the molecule is Cc1cc(C=CCCBr)ccc1F. The second-order valence-corrected chi connectivity index (χ2v) is 3.68. The molecule has 0 nitrogen and oxygen atoms in total. The highest BCUT2D eigenvalue weighted by Crippen LogP contribution is 2.10. The first-order valence-electron chi connectivity index (χ1n) is 4.22. The van der Waals surface area contributed by atoms with Gasteiger partial charge in [0.1, 0.15) is 5.82 Å². The Morgan fingerprint density at radius 3 is 2.85 bits per heavy atom. The first kappa shape index (κ1) is 10.5. The number of aryl methyl sites for hydroxylation is 1. The van der Waals surface area contributed by atoms with Crippen LogP contribution in [0.25, 0.3) is 6.08 Å². The molecule has 0 amide bonds. The molecule has 0 aliphatic rings. The molecule has 0 spiro atoms. The molecule has 1 rings (SSSR count). The van der Waals surface area contributed by atoms with Crippen LogP contribution in [0.4, 0.5) is 4.39 Å². The molecule has 0 heterocycles. The maximum atomic E-state index is 12.9. The lowest BCUT2D eigenvalue weighted by Gasteiger charge is -1.97. The minimum atomic E-state index is -0.141. The van der Waals surface area contributed by atoms with Gasteiger partial charge in [-0.1, -0.05) is 34.1 Å². The van der Waals surface area contributed by atoms with E-state index >= 15 is 0 Å². The first-order valence-corrected chi connectivity index (χ1v) is 5.35. The van der Waals surface area contributed by atoms with E-state index in [-0.39, 0.29) is 5.82 Å². The topological polar surface area (TPSA) is 0 Å². The van der Waals surface area contributed by atoms with E-state index in [1.165, 1.54) is 6.07 Å². The van der Waals surface area contributed by atoms with E-state index in [1.54, 1.807) is 13.0 Å². The molecule has 0 saturated heterocycles. The van der Waals surface area contributed by atoms with Crippen LogP contribution in [0.3, 0.4) is 0 Å². The minimum absolute atomic E-state index is 0.141. The van der Waals surface area contributed by atoms with Gasteiger partial charge in [0.05, 0.1) is 0 Å². The van der Waals surface area contributed by atoms with E-state index in [0.29, 0.717) is 5.56 Å². The Morgan fingerprint density at radius 1 is 1.46 bits per heavy atom. The predicted molar refractivity (Wildman–Crippen MR) is 58.6 cm³/mol. The van der Waals surface area contributed by atoms with E-state index in [4.69, 9.17) is 0 Å². The van der Waals surface area contributed by atoms with Gasteiger partial charge >= 0.3 is 0 Å². The molecule has 1 aromatic carbocycles. The fourth-order valence-corrected chi connectivity index (χ4v) is 1.32. The Hall–Kier alpha value is -0.630. The average molecular weight is 243 g/mol. The van der Waals surface area contributed by atoms with Crippen molar-refractivity contribution in [3.05, 3.63) is 41.2 Å². The Kier molecular flexibility index (Phi) is 4.16. The van der Waals surface area contributed by atoms with Gasteiger partial charge in [-0.3, -0.25) is 0 Å². The third kappa shape index (κ3) is 3.31. The van der Waals surface area contributed by atoms with E-state index in [2.05, 4.69) is 22.0 Å². The molecule has 0 aliphatic carbocycles. The highest BCUT2D eigenvalue weighted by atomic mass is 79.9. The van der Waals surface area contributed by atoms with Crippen molar-refractivity contribution in [3.8, 4) is 0 Å². The summed E-state index contributed by atoms with van der Waals surface area (Å²) in [6, 6.07) is 5.14. The van der Waals surface area contributed by atoms with Crippen molar-refractivity contribution < 1.29 is 4.39 Å². The van der Waals surface area contributed by atoms with Crippen molar-refractivity contribution in [2.24, 2.45) is 0 Å². The molecule has 0 fully saturated rings. The zero-order chi connectivity index (χ0) is 9.68. The van der Waals surface area contributed by atoms with E-state index in [1.807, 2.05) is 12.1 Å². The molecule has 0 bridgehead atoms. The zero-order valence-corrected chi connectivity index (χ0v) is 9.14. The number of halogens is 2. The summed E-state index contributed by atoms with van der Waals surface area (Å²) in [7, 11) is 0. The van der Waals surface area contributed by atoms with Crippen LogP contribution in [0, 0.1) is 12.7 Å². The maximum Gasteiger partial charge on any atom is 0.126 e. The number of hydrogen-bond acceptors (Lipinski definition) is 0. The molecule has 13 heavy (non-hydrogen) atoms. The average Bonchev–Trinajstić information content (AvgIpc) is 2.12. The van der Waals surface area contributed by atoms with Crippen LogP contribution in [0.15, 0.2) is 24.3 Å². The lowest BCUT2D eigenvalue weighted by molar-refractivity contribution is 0.618. The van der Waals surface area contributed by atoms with Crippen molar-refractivity contribution in [2.75, 3.05) is 5.33 Å². The van der Waals surface area contributed by atoms with Gasteiger partial charge in [-0.2, -0.15) is 0 Å². The van der Waals surface area contributed by atoms with E-state index < -0.39 is 0 Å². The number of allylic oxidation sites excluding steroid dienone is 1. The summed E-state index contributed by atoms with van der Waals surface area (Å²) in [5.74, 6) is -0.141. The van der Waals surface area contributed by atoms with Crippen molar-refractivity contribution in [1.82, 2.24) is 0 Å². The van der Waals surface area contributed by atoms with Gasteiger partial charge in [-0.15, -0.1) is 0 Å². The molecule has 0 atom stereocenters. The van der Waals surface area contributed by atoms with Gasteiger partial charge in [0.2, 0.25) is 0 Å². The minimum Gasteiger partial charge on any atom is -0.207 e. The predicted octanol–water partition coefficient (Wildman–Crippen LogP) is 3.93. The standard InChI is InChI=1S/C11H12BrF/c1-9-8-10(4-2-3-7-12)5-6-11(9)13/h2,4-6,8H,3,7H2,1H3. The summed E-state index contributed by atoms with van der Waals surface area (Å²) in [6.45, 7) is 1.77. The van der Waals surface area contributed by atoms with Gasteiger partial charge in [0, 0.05) is 5.33 Å². The molecule has 70 valence electrons. The number of hydrogen-bond donors (Lipinski definition) is 0. The summed E-state index contributed by atoms with van der Waals surface area (Å²) >= 11 is 3.34. The van der Waals surface area contributed by atoms with Crippen molar-refractivity contribution in [1.29, 1.82) is 0 Å². The molecule has 0 N–H and O–H groups in total. The Bertz CT molecular complexity index is 305. The fraction of sp³-hybridized carbons (Fsp3) is 0.273. The van der Waals surface area contributed by atoms with Crippen LogP contribution in [-0.2, 0) is 0 Å². The van der Waals surface area contributed by atoms with Crippen LogP contribution in [0.1, 0.15) is 17.5 Å². The van der Waals surface area contributed by atoms with E-state index in [0.717, 1.165) is 17.3 Å². The molecular weight excluding hydrogens is 231 g/mol. The molecule has 0 aliphatic heterocycles. The molecular formula is C11H12BrF. The van der Waals surface area contributed by atoms with Crippen molar-refractivity contribution in [3.63, 3.8) is 0 Å². The van der Waals surface area contributed by atoms with Gasteiger partial charge in [-0.25, -0.2) is 4.39 Å². The Labute approximate surface area is 86.6 Å². The first-order chi connectivity index (χ1) is 6.24. The van der Waals surface area contributed by atoms with Gasteiger partial charge in [-0.05, 0) is 36.6 Å². The van der Waals surface area contributed by atoms with Crippen LogP contribution in [-0.4, -0.2) is 5.33 Å². The van der Waals surface area contributed by atoms with Gasteiger partial charge in [0.25, 0.3) is 0 Å². The maximum absolute atomic E-state index is 12.9. The lowest BCUT2D eigenvalue weighted by Crippen LogP contribution is -1.82. The Morgan fingerprint density at radius 2 is 2.23 bits per heavy atom. The summed E-state index contributed by atoms with van der Waals surface area (Å²) < 4.78 is 12.9. The largest absolute Gasteiger partial charge is 0.207 e. The van der Waals surface area contributed by atoms with Gasteiger partial charge in [0.15, 0.2) is 0 Å². The smallest absolute Gasteiger partial charge is 0.126 e. The molecule has 1 aromatic rings. The normalized spacial score (nSPS) is 11.0. The van der Waals surface area contributed by atoms with Crippen molar-refractivity contribution >= 4 is 22.0 Å². The monoisotopic (exact) mass is 242 g/mol. The molecule has 0 unspecified atom stereocenters. The summed E-state index contributed by atoms with van der Waals surface area (Å²) in [5, 5.41) is 0.962. The van der Waals surface area contributed by atoms with Crippen LogP contribution in [0.2, 0.25) is 0 Å². The number of benzene rings is 1. The van der Waals surface area contributed by atoms with Crippen molar-refractivity contribution in [2.45, 2.75) is 13.3 Å². The quantitative estimate of drug-likeness (QED) is 0.705. The molecule has 0 saturated carbocycles. The van der Waals surface area contributed by atoms with E-state index in [9.17, 15) is 4.39 Å². The molecule has 2 heteroatoms. The fourth-order valence-electron chi connectivity index (χ4n) is 1.05. The van der Waals surface area contributed by atoms with Crippen LogP contribution in [0.5, 0.6) is 0 Å². The van der Waals surface area contributed by atoms with Crippen LogP contribution < -0.4 is 0 Å². The summed E-state index contributed by atoms with van der Waals surface area (Å²) in [4.78, 5) is 0. The Balaban J connectivity index is 2.73. The number of rotatable bonds is 3. The summed E-state index contributed by atoms with van der Waals surface area (Å²) in [6.07, 6.45) is 5.07. The molecule has 0 radical (unpaired) electrons. The second-order valence-electron chi connectivity index (χ2n) is 2.89. The lowest BCUT2D eigenvalue weighted by atomic mass is 10.1. The highest BCUT2D eigenvalue weighted by molar-refractivity contribution is 9.09.